The van der Waals surface area contributed by atoms with Crippen molar-refractivity contribution in [2.75, 3.05) is 12.9 Å². The molecule has 21 heavy (non-hydrogen) atoms. The summed E-state index contributed by atoms with van der Waals surface area (Å²) >= 11 is 12.0. The van der Waals surface area contributed by atoms with Crippen molar-refractivity contribution < 1.29 is 13.7 Å². The first-order valence-corrected chi connectivity index (χ1v) is 8.10. The van der Waals surface area contributed by atoms with Gasteiger partial charge in [-0.3, -0.25) is 9.00 Å². The van der Waals surface area contributed by atoms with E-state index in [1.54, 1.807) is 42.5 Å². The fraction of sp³-hybridized carbons (Fsp3) is 0.133. The Hall–Kier alpha value is -1.36. The molecule has 1 atom stereocenters. The van der Waals surface area contributed by atoms with Crippen LogP contribution in [-0.2, 0) is 10.8 Å². The standard InChI is InChI=1S/C15H12Cl2O3S/c1-20-11-5-2-4-10(8-11)14(18)9-21(19)15-12(16)6-3-7-13(15)17/h2-8H,9H2,1H3. The summed E-state index contributed by atoms with van der Waals surface area (Å²) < 4.78 is 17.4. The van der Waals surface area contributed by atoms with Crippen LogP contribution in [0.25, 0.3) is 0 Å². The van der Waals surface area contributed by atoms with Gasteiger partial charge in [-0.1, -0.05) is 41.4 Å². The molecule has 0 amide bonds. The van der Waals surface area contributed by atoms with E-state index in [1.165, 1.54) is 7.11 Å². The molecule has 0 aliphatic rings. The van der Waals surface area contributed by atoms with Gasteiger partial charge in [-0.25, -0.2) is 0 Å². The molecule has 0 radical (unpaired) electrons. The molecule has 2 rings (SSSR count). The summed E-state index contributed by atoms with van der Waals surface area (Å²) in [5.41, 5.74) is 0.436. The molecule has 0 heterocycles. The normalized spacial score (nSPS) is 12.0. The van der Waals surface area contributed by atoms with Crippen molar-refractivity contribution in [3.8, 4) is 5.75 Å². The maximum Gasteiger partial charge on any atom is 0.175 e. The van der Waals surface area contributed by atoms with Gasteiger partial charge in [0.15, 0.2) is 5.78 Å². The van der Waals surface area contributed by atoms with Gasteiger partial charge in [0.05, 0.1) is 38.6 Å². The Kier molecular flexibility index (Phi) is 5.39. The monoisotopic (exact) mass is 342 g/mol. The summed E-state index contributed by atoms with van der Waals surface area (Å²) in [6.45, 7) is 0. The lowest BCUT2D eigenvalue weighted by atomic mass is 10.1. The molecular formula is C15H12Cl2O3S. The molecule has 0 aliphatic heterocycles. The molecule has 0 spiro atoms. The number of methoxy groups -OCH3 is 1. The highest BCUT2D eigenvalue weighted by molar-refractivity contribution is 7.86. The summed E-state index contributed by atoms with van der Waals surface area (Å²) in [6.07, 6.45) is 0. The van der Waals surface area contributed by atoms with E-state index < -0.39 is 10.8 Å². The Labute approximate surface area is 135 Å². The van der Waals surface area contributed by atoms with Gasteiger partial charge >= 0.3 is 0 Å². The van der Waals surface area contributed by atoms with Crippen LogP contribution in [0.4, 0.5) is 0 Å². The van der Waals surface area contributed by atoms with Crippen LogP contribution >= 0.6 is 23.2 Å². The van der Waals surface area contributed by atoms with Crippen molar-refractivity contribution in [1.82, 2.24) is 0 Å². The van der Waals surface area contributed by atoms with E-state index in [-0.39, 0.29) is 16.4 Å². The number of Topliss-reactive ketones (excluding diaryl/α,β-unsaturated/α-hetero) is 1. The summed E-state index contributed by atoms with van der Waals surface area (Å²) in [6, 6.07) is 11.5. The van der Waals surface area contributed by atoms with Crippen molar-refractivity contribution in [2.24, 2.45) is 0 Å². The largest absolute Gasteiger partial charge is 0.497 e. The highest BCUT2D eigenvalue weighted by Gasteiger charge is 2.17. The Bertz CT molecular complexity index is 681. The van der Waals surface area contributed by atoms with Crippen LogP contribution in [0.5, 0.6) is 5.75 Å². The van der Waals surface area contributed by atoms with E-state index in [0.29, 0.717) is 21.4 Å². The van der Waals surface area contributed by atoms with Gasteiger partial charge in [-0.2, -0.15) is 0 Å². The van der Waals surface area contributed by atoms with Crippen LogP contribution in [0.3, 0.4) is 0 Å². The lowest BCUT2D eigenvalue weighted by molar-refractivity contribution is 0.102. The van der Waals surface area contributed by atoms with Crippen molar-refractivity contribution in [1.29, 1.82) is 0 Å². The molecule has 6 heteroatoms. The lowest BCUT2D eigenvalue weighted by Gasteiger charge is -2.07. The summed E-state index contributed by atoms with van der Waals surface area (Å²) in [5, 5.41) is 0.582. The molecule has 0 saturated heterocycles. The van der Waals surface area contributed by atoms with Crippen LogP contribution in [0.1, 0.15) is 10.4 Å². The molecule has 0 aromatic heterocycles. The first kappa shape index (κ1) is 16.0. The van der Waals surface area contributed by atoms with E-state index in [2.05, 4.69) is 0 Å². The number of carbonyl (C=O) groups excluding carboxylic acids is 1. The van der Waals surface area contributed by atoms with E-state index in [1.807, 2.05) is 0 Å². The first-order valence-electron chi connectivity index (χ1n) is 6.02. The lowest BCUT2D eigenvalue weighted by Crippen LogP contribution is -2.12. The third-order valence-electron chi connectivity index (χ3n) is 2.80. The second-order valence-electron chi connectivity index (χ2n) is 4.20. The summed E-state index contributed by atoms with van der Waals surface area (Å²) in [7, 11) is -0.0808. The smallest absolute Gasteiger partial charge is 0.175 e. The molecular weight excluding hydrogens is 331 g/mol. The van der Waals surface area contributed by atoms with Gasteiger partial charge in [0.2, 0.25) is 0 Å². The van der Waals surface area contributed by atoms with Crippen LogP contribution < -0.4 is 4.74 Å². The van der Waals surface area contributed by atoms with Gasteiger partial charge < -0.3 is 4.74 Å². The predicted octanol–water partition coefficient (Wildman–Crippen LogP) is 3.99. The van der Waals surface area contributed by atoms with Gasteiger partial charge in [0, 0.05) is 5.56 Å². The Balaban J connectivity index is 2.21. The van der Waals surface area contributed by atoms with Crippen molar-refractivity contribution in [2.45, 2.75) is 4.90 Å². The average molecular weight is 343 g/mol. The number of ketones is 1. The van der Waals surface area contributed by atoms with Crippen LogP contribution in [0.15, 0.2) is 47.4 Å². The molecule has 0 aliphatic carbocycles. The number of carbonyl (C=O) groups is 1. The number of ether oxygens (including phenoxy) is 1. The van der Waals surface area contributed by atoms with Gasteiger partial charge in [0.25, 0.3) is 0 Å². The minimum atomic E-state index is -1.60. The van der Waals surface area contributed by atoms with Crippen molar-refractivity contribution in [3.63, 3.8) is 0 Å². The maximum absolute atomic E-state index is 12.3. The minimum absolute atomic E-state index is 0.184. The quantitative estimate of drug-likeness (QED) is 0.771. The molecule has 110 valence electrons. The third-order valence-corrected chi connectivity index (χ3v) is 5.07. The van der Waals surface area contributed by atoms with Gasteiger partial charge in [0.1, 0.15) is 5.75 Å². The molecule has 0 fully saturated rings. The number of rotatable bonds is 5. The van der Waals surface area contributed by atoms with E-state index in [4.69, 9.17) is 27.9 Å². The highest BCUT2D eigenvalue weighted by Crippen LogP contribution is 2.28. The summed E-state index contributed by atoms with van der Waals surface area (Å²) in [5.74, 6) is 0.127. The minimum Gasteiger partial charge on any atom is -0.497 e. The number of benzene rings is 2. The Morgan fingerprint density at radius 3 is 2.38 bits per heavy atom. The molecule has 0 bridgehead atoms. The Morgan fingerprint density at radius 2 is 1.76 bits per heavy atom. The van der Waals surface area contributed by atoms with Gasteiger partial charge in [-0.05, 0) is 24.3 Å². The van der Waals surface area contributed by atoms with E-state index in [0.717, 1.165) is 0 Å². The summed E-state index contributed by atoms with van der Waals surface area (Å²) in [4.78, 5) is 12.5. The molecule has 2 aromatic carbocycles. The zero-order valence-corrected chi connectivity index (χ0v) is 13.5. The molecule has 0 saturated carbocycles. The SMILES string of the molecule is COc1cccc(C(=O)CS(=O)c2c(Cl)cccc2Cl)c1. The Morgan fingerprint density at radius 1 is 1.14 bits per heavy atom. The van der Waals surface area contributed by atoms with E-state index >= 15 is 0 Å². The molecule has 0 N–H and O–H groups in total. The first-order chi connectivity index (χ1) is 10.0. The second kappa shape index (κ2) is 7.07. The second-order valence-corrected chi connectivity index (χ2v) is 6.40. The van der Waals surface area contributed by atoms with Crippen molar-refractivity contribution >= 4 is 39.8 Å². The molecule has 3 nitrogen and oxygen atoms in total. The van der Waals surface area contributed by atoms with Crippen LogP contribution in [0, 0.1) is 0 Å². The zero-order valence-electron chi connectivity index (χ0n) is 11.1. The number of hydrogen-bond acceptors (Lipinski definition) is 3. The highest BCUT2D eigenvalue weighted by atomic mass is 35.5. The topological polar surface area (TPSA) is 43.4 Å². The van der Waals surface area contributed by atoms with Crippen LogP contribution in [-0.4, -0.2) is 22.9 Å². The van der Waals surface area contributed by atoms with Crippen LogP contribution in [0.2, 0.25) is 10.0 Å². The van der Waals surface area contributed by atoms with Crippen molar-refractivity contribution in [3.05, 3.63) is 58.1 Å². The number of halogens is 2. The maximum atomic E-state index is 12.3. The number of hydrogen-bond donors (Lipinski definition) is 0. The average Bonchev–Trinajstić information content (AvgIpc) is 2.47. The third kappa shape index (κ3) is 3.84. The fourth-order valence-corrected chi connectivity index (χ4v) is 3.81. The fourth-order valence-electron chi connectivity index (χ4n) is 1.77. The molecule has 2 aromatic rings. The predicted molar refractivity (Wildman–Crippen MR) is 85.1 cm³/mol. The van der Waals surface area contributed by atoms with E-state index in [9.17, 15) is 9.00 Å². The molecule has 1 unspecified atom stereocenters. The zero-order chi connectivity index (χ0) is 15.4. The van der Waals surface area contributed by atoms with Gasteiger partial charge in [-0.15, -0.1) is 0 Å².